The molecule has 0 aromatic heterocycles. The van der Waals surface area contributed by atoms with Crippen LogP contribution in [0, 0.1) is 0 Å². The van der Waals surface area contributed by atoms with E-state index in [4.69, 9.17) is 4.74 Å². The van der Waals surface area contributed by atoms with Crippen molar-refractivity contribution in [3.8, 4) is 0 Å². The maximum atomic E-state index is 9.97. The molecule has 1 aromatic rings. The van der Waals surface area contributed by atoms with Gasteiger partial charge in [-0.25, -0.2) is 0 Å². The summed E-state index contributed by atoms with van der Waals surface area (Å²) in [5.41, 5.74) is 1.54. The molecular weight excluding hydrogens is 196 g/mol. The average molecular weight is 210 g/mol. The van der Waals surface area contributed by atoms with E-state index >= 15 is 0 Å². The van der Waals surface area contributed by atoms with Gasteiger partial charge < -0.3 is 9.84 Å². The van der Waals surface area contributed by atoms with Crippen LogP contribution >= 0.6 is 11.8 Å². The third-order valence-electron chi connectivity index (χ3n) is 2.48. The van der Waals surface area contributed by atoms with Crippen LogP contribution in [0.25, 0.3) is 0 Å². The first-order valence-corrected chi connectivity index (χ1v) is 6.02. The van der Waals surface area contributed by atoms with Crippen LogP contribution in [0.5, 0.6) is 0 Å². The second kappa shape index (κ2) is 3.93. The van der Waals surface area contributed by atoms with Crippen molar-refractivity contribution in [3.63, 3.8) is 0 Å². The van der Waals surface area contributed by atoms with Crippen molar-refractivity contribution >= 4 is 11.8 Å². The van der Waals surface area contributed by atoms with Gasteiger partial charge in [0.15, 0.2) is 0 Å². The Balaban J connectivity index is 2.13. The van der Waals surface area contributed by atoms with Gasteiger partial charge in [0.05, 0.1) is 13.2 Å². The Hall–Kier alpha value is -0.510. The summed E-state index contributed by atoms with van der Waals surface area (Å²) in [6.45, 7) is 0.851. The summed E-state index contributed by atoms with van der Waals surface area (Å²) in [5.74, 6) is 1.02. The fraction of sp³-hybridized carbons (Fsp3) is 0.455. The highest BCUT2D eigenvalue weighted by Gasteiger charge is 2.37. The molecule has 0 saturated carbocycles. The molecule has 0 aliphatic carbocycles. The molecule has 0 spiro atoms. The summed E-state index contributed by atoms with van der Waals surface area (Å²) in [5, 5.41) is 9.97. The molecule has 0 unspecified atom stereocenters. The molecule has 2 rings (SSSR count). The molecule has 0 amide bonds. The van der Waals surface area contributed by atoms with Crippen LogP contribution in [-0.4, -0.2) is 24.6 Å². The Kier molecular flexibility index (Phi) is 2.81. The topological polar surface area (TPSA) is 29.5 Å². The van der Waals surface area contributed by atoms with E-state index in [1.54, 1.807) is 11.8 Å². The van der Waals surface area contributed by atoms with E-state index in [1.165, 1.54) is 5.56 Å². The van der Waals surface area contributed by atoms with Gasteiger partial charge in [-0.2, -0.15) is 11.8 Å². The van der Waals surface area contributed by atoms with E-state index < -0.39 is 5.60 Å². The second-order valence-corrected chi connectivity index (χ2v) is 4.52. The lowest BCUT2D eigenvalue weighted by atomic mass is 9.92. The Labute approximate surface area is 88.3 Å². The third kappa shape index (κ3) is 1.80. The predicted molar refractivity (Wildman–Crippen MR) is 58.4 cm³/mol. The van der Waals surface area contributed by atoms with Crippen LogP contribution < -0.4 is 0 Å². The number of hydrogen-bond acceptors (Lipinski definition) is 3. The van der Waals surface area contributed by atoms with Crippen molar-refractivity contribution in [1.29, 1.82) is 0 Å². The lowest BCUT2D eigenvalue weighted by Gasteiger charge is -2.36. The average Bonchev–Trinajstić information content (AvgIpc) is 2.16. The van der Waals surface area contributed by atoms with E-state index in [0.717, 1.165) is 11.3 Å². The molecule has 14 heavy (non-hydrogen) atoms. The normalized spacial score (nSPS) is 19.0. The molecule has 0 radical (unpaired) electrons. The molecule has 1 aromatic carbocycles. The maximum absolute atomic E-state index is 9.97. The van der Waals surface area contributed by atoms with Crippen molar-refractivity contribution in [3.05, 3.63) is 35.4 Å². The van der Waals surface area contributed by atoms with Crippen LogP contribution in [0.4, 0.5) is 0 Å². The summed E-state index contributed by atoms with van der Waals surface area (Å²) in [7, 11) is 0. The highest BCUT2D eigenvalue weighted by molar-refractivity contribution is 7.97. The molecule has 0 bridgehead atoms. The zero-order chi connectivity index (χ0) is 10.0. The van der Waals surface area contributed by atoms with Gasteiger partial charge in [-0.3, -0.25) is 0 Å². The predicted octanol–water partition coefficient (Wildman–Crippen LogP) is 1.77. The highest BCUT2D eigenvalue weighted by Crippen LogP contribution is 2.29. The maximum Gasteiger partial charge on any atom is 0.136 e. The largest absolute Gasteiger partial charge is 0.380 e. The number of thioether (sulfide) groups is 1. The lowest BCUT2D eigenvalue weighted by Crippen LogP contribution is -2.46. The second-order valence-electron chi connectivity index (χ2n) is 3.65. The molecule has 1 N–H and O–H groups in total. The molecule has 1 aliphatic rings. The minimum Gasteiger partial charge on any atom is -0.380 e. The minimum absolute atomic E-state index is 0.425. The van der Waals surface area contributed by atoms with E-state index in [2.05, 4.69) is 18.4 Å². The number of aliphatic hydroxyl groups is 1. The first-order valence-electron chi connectivity index (χ1n) is 4.63. The highest BCUT2D eigenvalue weighted by atomic mass is 32.2. The van der Waals surface area contributed by atoms with Gasteiger partial charge in [-0.05, 0) is 17.4 Å². The summed E-state index contributed by atoms with van der Waals surface area (Å²) >= 11 is 1.80. The quantitative estimate of drug-likeness (QED) is 0.824. The Morgan fingerprint density at radius 2 is 2.00 bits per heavy atom. The SMILES string of the molecule is CSCc1ccc(C2(O)COC2)cc1. The first-order chi connectivity index (χ1) is 6.74. The summed E-state index contributed by atoms with van der Waals surface area (Å²) in [4.78, 5) is 0. The molecule has 0 atom stereocenters. The molecule has 3 heteroatoms. The van der Waals surface area contributed by atoms with Gasteiger partial charge in [0.2, 0.25) is 0 Å². The molecule has 1 aliphatic heterocycles. The van der Waals surface area contributed by atoms with Crippen molar-refractivity contribution in [1.82, 2.24) is 0 Å². The van der Waals surface area contributed by atoms with Gasteiger partial charge in [0.25, 0.3) is 0 Å². The first kappa shape index (κ1) is 10.0. The molecule has 2 nitrogen and oxygen atoms in total. The number of rotatable bonds is 3. The van der Waals surface area contributed by atoms with Gasteiger partial charge in [0.1, 0.15) is 5.60 Å². The Morgan fingerprint density at radius 3 is 2.43 bits per heavy atom. The minimum atomic E-state index is -0.724. The fourth-order valence-corrected chi connectivity index (χ4v) is 2.07. The molecule has 1 heterocycles. The van der Waals surface area contributed by atoms with Crippen LogP contribution in [0.2, 0.25) is 0 Å². The lowest BCUT2D eigenvalue weighted by molar-refractivity contribution is -0.184. The Bertz CT molecular complexity index is 304. The fourth-order valence-electron chi connectivity index (χ4n) is 1.54. The van der Waals surface area contributed by atoms with Crippen LogP contribution in [0.3, 0.4) is 0 Å². The standard InChI is InChI=1S/C11H14O2S/c1-14-6-9-2-4-10(5-3-9)11(12)7-13-8-11/h2-5,12H,6-8H2,1H3. The van der Waals surface area contributed by atoms with Gasteiger partial charge >= 0.3 is 0 Å². The van der Waals surface area contributed by atoms with Crippen molar-refractivity contribution in [2.24, 2.45) is 0 Å². The zero-order valence-electron chi connectivity index (χ0n) is 8.19. The van der Waals surface area contributed by atoms with Gasteiger partial charge in [-0.15, -0.1) is 0 Å². The molecule has 76 valence electrons. The van der Waals surface area contributed by atoms with Gasteiger partial charge in [0, 0.05) is 5.75 Å². The summed E-state index contributed by atoms with van der Waals surface area (Å²) in [6.07, 6.45) is 2.08. The van der Waals surface area contributed by atoms with E-state index in [1.807, 2.05) is 12.1 Å². The van der Waals surface area contributed by atoms with Crippen LogP contribution in [0.1, 0.15) is 11.1 Å². The van der Waals surface area contributed by atoms with Crippen molar-refractivity contribution < 1.29 is 9.84 Å². The monoisotopic (exact) mass is 210 g/mol. The van der Waals surface area contributed by atoms with E-state index in [0.29, 0.717) is 13.2 Å². The van der Waals surface area contributed by atoms with Crippen molar-refractivity contribution in [2.45, 2.75) is 11.4 Å². The number of benzene rings is 1. The van der Waals surface area contributed by atoms with Gasteiger partial charge in [-0.1, -0.05) is 24.3 Å². The molecular formula is C11H14O2S. The summed E-state index contributed by atoms with van der Waals surface area (Å²) in [6, 6.07) is 8.13. The third-order valence-corrected chi connectivity index (χ3v) is 3.11. The summed E-state index contributed by atoms with van der Waals surface area (Å²) < 4.78 is 5.02. The molecule has 1 saturated heterocycles. The van der Waals surface area contributed by atoms with E-state index in [9.17, 15) is 5.11 Å². The van der Waals surface area contributed by atoms with Crippen LogP contribution in [0.15, 0.2) is 24.3 Å². The molecule has 1 fully saturated rings. The smallest absolute Gasteiger partial charge is 0.136 e. The van der Waals surface area contributed by atoms with E-state index in [-0.39, 0.29) is 0 Å². The zero-order valence-corrected chi connectivity index (χ0v) is 9.01. The van der Waals surface area contributed by atoms with Crippen molar-refractivity contribution in [2.75, 3.05) is 19.5 Å². The Morgan fingerprint density at radius 1 is 1.36 bits per heavy atom. The van der Waals surface area contributed by atoms with Crippen LogP contribution in [-0.2, 0) is 16.1 Å². The number of hydrogen-bond donors (Lipinski definition) is 1. The number of ether oxygens (including phenoxy) is 1.